The first-order valence-corrected chi connectivity index (χ1v) is 14.8. The zero-order valence-electron chi connectivity index (χ0n) is 23.2. The van der Waals surface area contributed by atoms with E-state index in [1.54, 1.807) is 18.2 Å². The Balaban J connectivity index is 1.29. The van der Waals surface area contributed by atoms with E-state index in [1.165, 1.54) is 47.9 Å². The van der Waals surface area contributed by atoms with Gasteiger partial charge >= 0.3 is 0 Å². The second-order valence-electron chi connectivity index (χ2n) is 9.23. The van der Waals surface area contributed by atoms with E-state index in [2.05, 4.69) is 36.1 Å². The van der Waals surface area contributed by atoms with Crippen LogP contribution in [0.2, 0.25) is 0 Å². The fourth-order valence-corrected chi connectivity index (χ4v) is 5.90. The highest BCUT2D eigenvalue weighted by molar-refractivity contribution is 8.27. The van der Waals surface area contributed by atoms with Crippen LogP contribution in [0.4, 0.5) is 0 Å². The first-order chi connectivity index (χ1) is 19.9. The van der Waals surface area contributed by atoms with Crippen LogP contribution in [0, 0.1) is 5.41 Å². The molecule has 0 unspecified atom stereocenters. The predicted octanol–water partition coefficient (Wildman–Crippen LogP) is 6.40. The number of nitrogens with zero attached hydrogens (tertiary/aromatic N) is 3. The van der Waals surface area contributed by atoms with Gasteiger partial charge in [-0.15, -0.1) is 11.3 Å². The van der Waals surface area contributed by atoms with Crippen molar-refractivity contribution in [2.45, 2.75) is 26.2 Å². The average Bonchev–Trinajstić information content (AvgIpc) is 3.68. The lowest BCUT2D eigenvalue weighted by atomic mass is 9.99. The third kappa shape index (κ3) is 6.15. The molecule has 41 heavy (non-hydrogen) atoms. The van der Waals surface area contributed by atoms with E-state index >= 15 is 0 Å². The van der Waals surface area contributed by atoms with Crippen molar-refractivity contribution in [3.05, 3.63) is 75.5 Å². The van der Waals surface area contributed by atoms with E-state index in [9.17, 15) is 4.79 Å². The molecule has 11 heteroatoms. The number of carbonyl (C=O) groups excluding carboxylic acids is 1. The fourth-order valence-electron chi connectivity index (χ4n) is 4.22. The number of thiophene rings is 1. The Morgan fingerprint density at radius 2 is 1.76 bits per heavy atom. The molecule has 1 N–H and O–H groups in total. The first-order valence-electron chi connectivity index (χ1n) is 13.1. The number of hydrogen-bond acceptors (Lipinski definition) is 9. The molecule has 2 aromatic carbocycles. The topological polar surface area (TPSA) is 106 Å². The van der Waals surface area contributed by atoms with E-state index in [0.717, 1.165) is 17.0 Å². The van der Waals surface area contributed by atoms with Crippen molar-refractivity contribution in [1.29, 1.82) is 5.41 Å². The number of hydrazone groups is 1. The Morgan fingerprint density at radius 3 is 2.39 bits per heavy atom. The van der Waals surface area contributed by atoms with Gasteiger partial charge < -0.3 is 18.9 Å². The van der Waals surface area contributed by atoms with Gasteiger partial charge in [0.05, 0.1) is 24.7 Å². The minimum absolute atomic E-state index is 0.0494. The highest BCUT2D eigenvalue weighted by Crippen LogP contribution is 2.40. The van der Waals surface area contributed by atoms with Gasteiger partial charge in [-0.3, -0.25) is 10.2 Å². The number of hydrogen-bond donors (Lipinski definition) is 1. The van der Waals surface area contributed by atoms with Crippen LogP contribution in [0.3, 0.4) is 0 Å². The second kappa shape index (κ2) is 12.6. The van der Waals surface area contributed by atoms with Crippen LogP contribution in [0.15, 0.2) is 69.6 Å². The standard InChI is InChI=1S/C30H30N4O5S2/c1-5-18(2)20-8-10-21(11-9-20)38-12-13-39-26-23(36-3)16-19(17-24(26)37-4)15-22-27(31)34-30(32-28(22)35)41-29(33-34)25-7-6-14-40-25/h6-11,14-18,31H,5,12-13H2,1-4H3/b22-15-,31-27?/t18-/m0/s1. The molecule has 1 aromatic heterocycles. The summed E-state index contributed by atoms with van der Waals surface area (Å²) in [5.74, 6) is 1.98. The van der Waals surface area contributed by atoms with E-state index in [1.807, 2.05) is 29.6 Å². The van der Waals surface area contributed by atoms with Crippen LogP contribution < -0.4 is 18.9 Å². The number of carbonyl (C=O) groups is 1. The highest BCUT2D eigenvalue weighted by atomic mass is 32.2. The summed E-state index contributed by atoms with van der Waals surface area (Å²) in [6.07, 6.45) is 2.67. The molecule has 5 rings (SSSR count). The molecule has 2 aliphatic heterocycles. The molecule has 2 aliphatic rings. The van der Waals surface area contributed by atoms with Gasteiger partial charge in [0, 0.05) is 0 Å². The second-order valence-corrected chi connectivity index (χ2v) is 11.1. The van der Waals surface area contributed by atoms with Crippen molar-refractivity contribution in [3.8, 4) is 23.0 Å². The molecule has 1 atom stereocenters. The zero-order chi connectivity index (χ0) is 28.9. The quantitative estimate of drug-likeness (QED) is 0.203. The Labute approximate surface area is 247 Å². The Morgan fingerprint density at radius 1 is 1.05 bits per heavy atom. The zero-order valence-corrected chi connectivity index (χ0v) is 24.8. The maximum atomic E-state index is 12.9. The van der Waals surface area contributed by atoms with Crippen molar-refractivity contribution >= 4 is 51.1 Å². The summed E-state index contributed by atoms with van der Waals surface area (Å²) in [7, 11) is 3.06. The van der Waals surface area contributed by atoms with Crippen LogP contribution >= 0.6 is 23.1 Å². The van der Waals surface area contributed by atoms with E-state index in [4.69, 9.17) is 24.4 Å². The van der Waals surface area contributed by atoms with Gasteiger partial charge in [0.15, 0.2) is 17.3 Å². The van der Waals surface area contributed by atoms with Gasteiger partial charge in [-0.1, -0.05) is 32.0 Å². The van der Waals surface area contributed by atoms with Crippen molar-refractivity contribution in [3.63, 3.8) is 0 Å². The van der Waals surface area contributed by atoms with Crippen LogP contribution in [-0.4, -0.2) is 54.4 Å². The molecule has 0 saturated heterocycles. The molecule has 3 aromatic rings. The minimum Gasteiger partial charge on any atom is -0.493 e. The molecule has 0 radical (unpaired) electrons. The molecule has 0 bridgehead atoms. The maximum Gasteiger partial charge on any atom is 0.283 e. The molecule has 0 spiro atoms. The van der Waals surface area contributed by atoms with Crippen LogP contribution in [-0.2, 0) is 4.79 Å². The number of aliphatic imine (C=N–C) groups is 1. The third-order valence-corrected chi connectivity index (χ3v) is 8.59. The largest absolute Gasteiger partial charge is 0.493 e. The lowest BCUT2D eigenvalue weighted by Gasteiger charge is -2.20. The lowest BCUT2D eigenvalue weighted by molar-refractivity contribution is -0.114. The maximum absolute atomic E-state index is 12.9. The van der Waals surface area contributed by atoms with Crippen molar-refractivity contribution in [1.82, 2.24) is 5.01 Å². The number of thioether (sulfide) groups is 1. The molecular weight excluding hydrogens is 560 g/mol. The molecular formula is C30H30N4O5S2. The van der Waals surface area contributed by atoms with Gasteiger partial charge in [-0.2, -0.15) is 15.1 Å². The summed E-state index contributed by atoms with van der Waals surface area (Å²) in [5, 5.41) is 17.6. The molecule has 0 saturated carbocycles. The molecule has 3 heterocycles. The Bertz CT molecular complexity index is 1510. The third-order valence-electron chi connectivity index (χ3n) is 6.64. The van der Waals surface area contributed by atoms with E-state index in [-0.39, 0.29) is 18.0 Å². The molecule has 212 valence electrons. The van der Waals surface area contributed by atoms with E-state index in [0.29, 0.717) is 45.5 Å². The monoisotopic (exact) mass is 590 g/mol. The first kappa shape index (κ1) is 28.4. The molecule has 0 fully saturated rings. The number of ether oxygens (including phenoxy) is 4. The number of amidine groups is 2. The molecule has 9 nitrogen and oxygen atoms in total. The van der Waals surface area contributed by atoms with Gasteiger partial charge in [-0.25, -0.2) is 0 Å². The van der Waals surface area contributed by atoms with Crippen LogP contribution in [0.25, 0.3) is 6.08 Å². The average molecular weight is 591 g/mol. The summed E-state index contributed by atoms with van der Waals surface area (Å²) in [6.45, 7) is 4.97. The number of nitrogens with one attached hydrogen (secondary N) is 1. The summed E-state index contributed by atoms with van der Waals surface area (Å²) < 4.78 is 23.0. The lowest BCUT2D eigenvalue weighted by Crippen LogP contribution is -2.35. The Hall–Kier alpha value is -4.09. The van der Waals surface area contributed by atoms with Crippen molar-refractivity contribution in [2.24, 2.45) is 10.1 Å². The normalized spacial score (nSPS) is 16.3. The smallest absolute Gasteiger partial charge is 0.283 e. The summed E-state index contributed by atoms with van der Waals surface area (Å²) in [5.41, 5.74) is 1.98. The number of benzene rings is 2. The SMILES string of the molecule is CC[C@H](C)c1ccc(OCCOc2c(OC)cc(/C=C3/C(=N)N4N=C(c5cccs5)SC4=NC3=O)cc2OC)cc1. The predicted molar refractivity (Wildman–Crippen MR) is 164 cm³/mol. The summed E-state index contributed by atoms with van der Waals surface area (Å²) >= 11 is 2.81. The van der Waals surface area contributed by atoms with Crippen molar-refractivity contribution < 1.29 is 23.7 Å². The van der Waals surface area contributed by atoms with Gasteiger partial charge in [-0.05, 0) is 77.0 Å². The van der Waals surface area contributed by atoms with E-state index < -0.39 is 5.91 Å². The molecule has 0 aliphatic carbocycles. The number of fused-ring (bicyclic) bond motifs is 1. The van der Waals surface area contributed by atoms with Gasteiger partial charge in [0.1, 0.15) is 24.0 Å². The summed E-state index contributed by atoms with van der Waals surface area (Å²) in [6, 6.07) is 15.4. The fraction of sp³-hybridized carbons (Fsp3) is 0.267. The number of amides is 1. The minimum atomic E-state index is -0.510. The highest BCUT2D eigenvalue weighted by Gasteiger charge is 2.36. The number of rotatable bonds is 11. The summed E-state index contributed by atoms with van der Waals surface area (Å²) in [4.78, 5) is 18.0. The van der Waals surface area contributed by atoms with Crippen LogP contribution in [0.5, 0.6) is 23.0 Å². The van der Waals surface area contributed by atoms with Crippen molar-refractivity contribution in [2.75, 3.05) is 27.4 Å². The molecule has 1 amide bonds. The van der Waals surface area contributed by atoms with Crippen LogP contribution in [0.1, 0.15) is 42.2 Å². The van der Waals surface area contributed by atoms with Gasteiger partial charge in [0.2, 0.25) is 10.9 Å². The number of methoxy groups -OCH3 is 2. The van der Waals surface area contributed by atoms with Gasteiger partial charge in [0.25, 0.3) is 5.91 Å². The Kier molecular flexibility index (Phi) is 8.75.